The average Bonchev–Trinajstić information content (AvgIpc) is 2.86. The smallest absolute Gasteiger partial charge is 0.224 e. The number of para-hydroxylation sites is 1. The normalized spacial score (nSPS) is 11.8. The number of amides is 1. The minimum absolute atomic E-state index is 0.0994. The summed E-state index contributed by atoms with van der Waals surface area (Å²) >= 11 is 0. The molecular formula is C29H31NO4. The van der Waals surface area contributed by atoms with E-state index in [4.69, 9.17) is 9.47 Å². The SMILES string of the molecule is CC/C=C/CC(=O)NC(COCc1ccccc1)C(=O)Cc1ccc(Oc2ccccc2)cc1. The van der Waals surface area contributed by atoms with E-state index in [0.717, 1.165) is 23.3 Å². The second-order valence-corrected chi connectivity index (χ2v) is 7.91. The first-order valence-electron chi connectivity index (χ1n) is 11.5. The number of nitrogens with one attached hydrogen (secondary N) is 1. The van der Waals surface area contributed by atoms with Crippen LogP contribution >= 0.6 is 0 Å². The van der Waals surface area contributed by atoms with Crippen LogP contribution < -0.4 is 10.1 Å². The third kappa shape index (κ3) is 8.68. The van der Waals surface area contributed by atoms with Gasteiger partial charge in [0.15, 0.2) is 5.78 Å². The monoisotopic (exact) mass is 457 g/mol. The van der Waals surface area contributed by atoms with Gasteiger partial charge in [0.05, 0.1) is 13.2 Å². The quantitative estimate of drug-likeness (QED) is 0.337. The van der Waals surface area contributed by atoms with Gasteiger partial charge in [0.2, 0.25) is 5.91 Å². The van der Waals surface area contributed by atoms with Crippen molar-refractivity contribution in [3.05, 3.63) is 108 Å². The molecule has 0 saturated heterocycles. The number of carbonyl (C=O) groups excluding carboxylic acids is 2. The van der Waals surface area contributed by atoms with E-state index in [-0.39, 0.29) is 31.1 Å². The summed E-state index contributed by atoms with van der Waals surface area (Å²) in [5, 5.41) is 2.84. The fraction of sp³-hybridized carbons (Fsp3) is 0.241. The van der Waals surface area contributed by atoms with Crippen molar-refractivity contribution in [3.8, 4) is 11.5 Å². The van der Waals surface area contributed by atoms with Gasteiger partial charge in [-0.2, -0.15) is 0 Å². The van der Waals surface area contributed by atoms with Gasteiger partial charge in [0.25, 0.3) is 0 Å². The van der Waals surface area contributed by atoms with Crippen molar-refractivity contribution in [2.75, 3.05) is 6.61 Å². The lowest BCUT2D eigenvalue weighted by Gasteiger charge is -2.18. The van der Waals surface area contributed by atoms with E-state index in [2.05, 4.69) is 5.32 Å². The highest BCUT2D eigenvalue weighted by Gasteiger charge is 2.21. The van der Waals surface area contributed by atoms with Crippen LogP contribution in [0.15, 0.2) is 97.1 Å². The van der Waals surface area contributed by atoms with Crippen LogP contribution in [0.3, 0.4) is 0 Å². The maximum Gasteiger partial charge on any atom is 0.224 e. The van der Waals surface area contributed by atoms with Gasteiger partial charge >= 0.3 is 0 Å². The van der Waals surface area contributed by atoms with Crippen molar-refractivity contribution in [1.82, 2.24) is 5.32 Å². The van der Waals surface area contributed by atoms with Crippen molar-refractivity contribution in [2.45, 2.75) is 38.8 Å². The Labute approximate surface area is 201 Å². The maximum absolute atomic E-state index is 13.1. The van der Waals surface area contributed by atoms with Crippen LogP contribution in [0.4, 0.5) is 0 Å². The van der Waals surface area contributed by atoms with Gasteiger partial charge < -0.3 is 14.8 Å². The Morgan fingerprint density at radius 2 is 1.47 bits per heavy atom. The molecule has 3 aromatic rings. The molecule has 0 fully saturated rings. The van der Waals surface area contributed by atoms with Crippen molar-refractivity contribution in [1.29, 1.82) is 0 Å². The van der Waals surface area contributed by atoms with Crippen LogP contribution in [0, 0.1) is 0 Å². The van der Waals surface area contributed by atoms with E-state index in [1.165, 1.54) is 0 Å². The van der Waals surface area contributed by atoms with Crippen LogP contribution in [0.1, 0.15) is 30.9 Å². The van der Waals surface area contributed by atoms with Crippen molar-refractivity contribution in [3.63, 3.8) is 0 Å². The van der Waals surface area contributed by atoms with E-state index >= 15 is 0 Å². The van der Waals surface area contributed by atoms with E-state index in [1.807, 2.05) is 104 Å². The molecule has 0 aliphatic heterocycles. The molecule has 1 unspecified atom stereocenters. The minimum Gasteiger partial charge on any atom is -0.457 e. The first-order valence-corrected chi connectivity index (χ1v) is 11.5. The molecule has 176 valence electrons. The van der Waals surface area contributed by atoms with E-state index < -0.39 is 6.04 Å². The number of hydrogen-bond acceptors (Lipinski definition) is 4. The molecule has 0 aromatic heterocycles. The lowest BCUT2D eigenvalue weighted by atomic mass is 10.0. The summed E-state index contributed by atoms with van der Waals surface area (Å²) in [5.74, 6) is 1.15. The van der Waals surface area contributed by atoms with Crippen LogP contribution in [-0.4, -0.2) is 24.3 Å². The Balaban J connectivity index is 1.59. The predicted molar refractivity (Wildman–Crippen MR) is 134 cm³/mol. The van der Waals surface area contributed by atoms with Crippen LogP contribution in [-0.2, 0) is 27.4 Å². The molecule has 0 bridgehead atoms. The summed E-state index contributed by atoms with van der Waals surface area (Å²) in [6.45, 7) is 2.50. The van der Waals surface area contributed by atoms with Gasteiger partial charge in [-0.05, 0) is 41.8 Å². The van der Waals surface area contributed by atoms with E-state index in [1.54, 1.807) is 0 Å². The molecule has 3 aromatic carbocycles. The van der Waals surface area contributed by atoms with Crippen LogP contribution in [0.2, 0.25) is 0 Å². The van der Waals surface area contributed by atoms with Crippen molar-refractivity contribution >= 4 is 11.7 Å². The Morgan fingerprint density at radius 3 is 2.15 bits per heavy atom. The fourth-order valence-corrected chi connectivity index (χ4v) is 3.32. The lowest BCUT2D eigenvalue weighted by molar-refractivity contribution is -0.128. The average molecular weight is 458 g/mol. The van der Waals surface area contributed by atoms with Crippen molar-refractivity contribution in [2.24, 2.45) is 0 Å². The highest BCUT2D eigenvalue weighted by atomic mass is 16.5. The summed E-state index contributed by atoms with van der Waals surface area (Å²) in [6, 6.07) is 26.0. The largest absolute Gasteiger partial charge is 0.457 e. The molecule has 0 spiro atoms. The van der Waals surface area contributed by atoms with Crippen LogP contribution in [0.25, 0.3) is 0 Å². The summed E-state index contributed by atoms with van der Waals surface area (Å²) < 4.78 is 11.6. The highest BCUT2D eigenvalue weighted by molar-refractivity contribution is 5.90. The second kappa shape index (κ2) is 13.8. The number of rotatable bonds is 13. The summed E-state index contributed by atoms with van der Waals surface area (Å²) in [5.41, 5.74) is 1.86. The second-order valence-electron chi connectivity index (χ2n) is 7.91. The van der Waals surface area contributed by atoms with Gasteiger partial charge in [-0.15, -0.1) is 0 Å². The number of Topliss-reactive ketones (excluding diaryl/α,β-unsaturated/α-hetero) is 1. The number of benzene rings is 3. The third-order valence-electron chi connectivity index (χ3n) is 5.11. The minimum atomic E-state index is -0.716. The Hall–Kier alpha value is -3.70. The van der Waals surface area contributed by atoms with Gasteiger partial charge in [-0.3, -0.25) is 9.59 Å². The molecular weight excluding hydrogens is 426 g/mol. The topological polar surface area (TPSA) is 64.6 Å². The number of hydrogen-bond donors (Lipinski definition) is 1. The van der Waals surface area contributed by atoms with Gasteiger partial charge in [0, 0.05) is 12.8 Å². The summed E-state index contributed by atoms with van der Waals surface area (Å²) in [6.07, 6.45) is 5.03. The van der Waals surface area contributed by atoms with Gasteiger partial charge in [-0.1, -0.05) is 79.7 Å². The molecule has 1 amide bonds. The lowest BCUT2D eigenvalue weighted by Crippen LogP contribution is -2.44. The Morgan fingerprint density at radius 1 is 0.824 bits per heavy atom. The summed E-state index contributed by atoms with van der Waals surface area (Å²) in [4.78, 5) is 25.4. The van der Waals surface area contributed by atoms with Gasteiger partial charge in [0.1, 0.15) is 17.5 Å². The Bertz CT molecular complexity index is 1050. The third-order valence-corrected chi connectivity index (χ3v) is 5.11. The molecule has 0 aliphatic carbocycles. The predicted octanol–water partition coefficient (Wildman–Crippen LogP) is 5.65. The number of ether oxygens (including phenoxy) is 2. The molecule has 5 nitrogen and oxygen atoms in total. The van der Waals surface area contributed by atoms with Crippen LogP contribution in [0.5, 0.6) is 11.5 Å². The Kier molecular flexibility index (Phi) is 10.1. The molecule has 0 saturated carbocycles. The zero-order valence-electron chi connectivity index (χ0n) is 19.5. The molecule has 5 heteroatoms. The van der Waals surface area contributed by atoms with Gasteiger partial charge in [-0.25, -0.2) is 0 Å². The van der Waals surface area contributed by atoms with E-state index in [9.17, 15) is 9.59 Å². The zero-order chi connectivity index (χ0) is 24.0. The number of carbonyl (C=O) groups is 2. The molecule has 34 heavy (non-hydrogen) atoms. The zero-order valence-corrected chi connectivity index (χ0v) is 19.5. The molecule has 0 aliphatic rings. The van der Waals surface area contributed by atoms with E-state index in [0.29, 0.717) is 12.4 Å². The molecule has 1 atom stereocenters. The molecule has 3 rings (SSSR count). The number of allylic oxidation sites excluding steroid dienone is 1. The first-order chi connectivity index (χ1) is 16.6. The molecule has 0 radical (unpaired) electrons. The molecule has 0 heterocycles. The standard InChI is InChI=1S/C29H31NO4/c1-2-3-6-15-29(32)30-27(22-33-21-24-11-7-4-8-12-24)28(31)20-23-16-18-26(19-17-23)34-25-13-9-5-10-14-25/h3-14,16-19,27H,2,15,20-22H2,1H3,(H,30,32)/b6-3+. The fourth-order valence-electron chi connectivity index (χ4n) is 3.32. The first kappa shape index (κ1) is 24.9. The maximum atomic E-state index is 13.1. The summed E-state index contributed by atoms with van der Waals surface area (Å²) in [7, 11) is 0. The number of ketones is 1. The highest BCUT2D eigenvalue weighted by Crippen LogP contribution is 2.21. The van der Waals surface area contributed by atoms with Crippen molar-refractivity contribution < 1.29 is 19.1 Å². The molecule has 1 N–H and O–H groups in total.